The number of benzene rings is 1. The Morgan fingerprint density at radius 2 is 2.12 bits per heavy atom. The highest BCUT2D eigenvalue weighted by atomic mass is 16.6. The SMILES string of the molecule is C[C@@H](CC(=O)O)Nc1ccc(C(=O)NCCC2CC2)cc1[N+](=O)[O-]. The van der Waals surface area contributed by atoms with E-state index >= 15 is 0 Å². The number of carboxylic acid groups (broad SMARTS) is 1. The second-order valence-corrected chi connectivity index (χ2v) is 6.12. The molecule has 1 aromatic carbocycles. The molecule has 1 atom stereocenters. The van der Waals surface area contributed by atoms with Gasteiger partial charge in [-0.15, -0.1) is 0 Å². The molecule has 0 bridgehead atoms. The number of aliphatic carboxylic acids is 1. The lowest BCUT2D eigenvalue weighted by molar-refractivity contribution is -0.384. The predicted molar refractivity (Wildman–Crippen MR) is 88.1 cm³/mol. The third kappa shape index (κ3) is 5.22. The fourth-order valence-corrected chi connectivity index (χ4v) is 2.42. The maximum Gasteiger partial charge on any atom is 0.305 e. The van der Waals surface area contributed by atoms with Crippen molar-refractivity contribution in [2.75, 3.05) is 11.9 Å². The number of rotatable bonds is 9. The van der Waals surface area contributed by atoms with E-state index in [-0.39, 0.29) is 29.3 Å². The number of nitro benzene ring substituents is 1. The highest BCUT2D eigenvalue weighted by Gasteiger charge is 2.22. The monoisotopic (exact) mass is 335 g/mol. The van der Waals surface area contributed by atoms with Crippen LogP contribution < -0.4 is 10.6 Å². The minimum absolute atomic E-state index is 0.166. The van der Waals surface area contributed by atoms with Gasteiger partial charge in [-0.05, 0) is 31.4 Å². The summed E-state index contributed by atoms with van der Waals surface area (Å²) in [5.41, 5.74) is 0.166. The molecule has 0 aliphatic heterocycles. The first-order valence-electron chi connectivity index (χ1n) is 7.91. The summed E-state index contributed by atoms with van der Waals surface area (Å²) >= 11 is 0. The molecule has 0 heterocycles. The van der Waals surface area contributed by atoms with Gasteiger partial charge >= 0.3 is 5.97 Å². The Morgan fingerprint density at radius 1 is 1.42 bits per heavy atom. The maximum atomic E-state index is 12.1. The Hall–Kier alpha value is -2.64. The van der Waals surface area contributed by atoms with Crippen LogP contribution in [0.3, 0.4) is 0 Å². The molecule has 1 aliphatic rings. The van der Waals surface area contributed by atoms with Gasteiger partial charge in [-0.2, -0.15) is 0 Å². The lowest BCUT2D eigenvalue weighted by atomic mass is 10.1. The van der Waals surface area contributed by atoms with E-state index in [4.69, 9.17) is 5.11 Å². The zero-order chi connectivity index (χ0) is 17.7. The van der Waals surface area contributed by atoms with Crippen LogP contribution in [-0.4, -0.2) is 34.5 Å². The summed E-state index contributed by atoms with van der Waals surface area (Å²) in [5, 5.41) is 25.6. The predicted octanol–water partition coefficient (Wildman–Crippen LogP) is 2.40. The van der Waals surface area contributed by atoms with Gasteiger partial charge in [0.05, 0.1) is 11.3 Å². The fourth-order valence-electron chi connectivity index (χ4n) is 2.42. The molecule has 0 unspecified atom stereocenters. The summed E-state index contributed by atoms with van der Waals surface area (Å²) in [7, 11) is 0. The Labute approximate surface area is 139 Å². The van der Waals surface area contributed by atoms with E-state index < -0.39 is 16.9 Å². The largest absolute Gasteiger partial charge is 0.481 e. The Bertz CT molecular complexity index is 643. The third-order valence-corrected chi connectivity index (χ3v) is 3.87. The van der Waals surface area contributed by atoms with Crippen LogP contribution in [0.2, 0.25) is 0 Å². The molecular weight excluding hydrogens is 314 g/mol. The van der Waals surface area contributed by atoms with Crippen LogP contribution in [-0.2, 0) is 4.79 Å². The van der Waals surface area contributed by atoms with Gasteiger partial charge in [0, 0.05) is 24.2 Å². The van der Waals surface area contributed by atoms with Crippen LogP contribution in [0, 0.1) is 16.0 Å². The zero-order valence-electron chi connectivity index (χ0n) is 13.4. The molecule has 0 radical (unpaired) electrons. The minimum atomic E-state index is -0.996. The van der Waals surface area contributed by atoms with Gasteiger partial charge in [0.15, 0.2) is 0 Å². The summed E-state index contributed by atoms with van der Waals surface area (Å²) in [6.07, 6.45) is 3.17. The number of nitrogens with one attached hydrogen (secondary N) is 2. The second kappa shape index (κ2) is 7.76. The molecule has 1 aliphatic carbocycles. The second-order valence-electron chi connectivity index (χ2n) is 6.12. The van der Waals surface area contributed by atoms with E-state index in [0.717, 1.165) is 6.42 Å². The van der Waals surface area contributed by atoms with Crippen LogP contribution in [0.4, 0.5) is 11.4 Å². The average molecular weight is 335 g/mol. The number of carboxylic acids is 1. The lowest BCUT2D eigenvalue weighted by Crippen LogP contribution is -2.25. The summed E-state index contributed by atoms with van der Waals surface area (Å²) in [6, 6.07) is 3.67. The molecule has 2 rings (SSSR count). The van der Waals surface area contributed by atoms with Gasteiger partial charge in [-0.25, -0.2) is 0 Å². The van der Waals surface area contributed by atoms with Crippen molar-refractivity contribution < 1.29 is 19.6 Å². The third-order valence-electron chi connectivity index (χ3n) is 3.87. The van der Waals surface area contributed by atoms with Crippen molar-refractivity contribution in [2.24, 2.45) is 5.92 Å². The van der Waals surface area contributed by atoms with Gasteiger partial charge in [0.2, 0.25) is 0 Å². The lowest BCUT2D eigenvalue weighted by Gasteiger charge is -2.14. The van der Waals surface area contributed by atoms with Crippen LogP contribution >= 0.6 is 0 Å². The fraction of sp³-hybridized carbons (Fsp3) is 0.500. The highest BCUT2D eigenvalue weighted by molar-refractivity contribution is 5.95. The van der Waals surface area contributed by atoms with Gasteiger partial charge in [-0.3, -0.25) is 19.7 Å². The van der Waals surface area contributed by atoms with E-state index in [1.54, 1.807) is 6.92 Å². The first kappa shape index (κ1) is 17.7. The maximum absolute atomic E-state index is 12.1. The van der Waals surface area contributed by atoms with Crippen LogP contribution in [0.15, 0.2) is 18.2 Å². The van der Waals surface area contributed by atoms with E-state index in [1.807, 2.05) is 0 Å². The molecule has 1 amide bonds. The van der Waals surface area contributed by atoms with Crippen molar-refractivity contribution >= 4 is 23.3 Å². The number of nitro groups is 1. The highest BCUT2D eigenvalue weighted by Crippen LogP contribution is 2.31. The average Bonchev–Trinajstić information content (AvgIpc) is 3.30. The number of carbonyl (C=O) groups excluding carboxylic acids is 1. The van der Waals surface area contributed by atoms with Crippen LogP contribution in [0.5, 0.6) is 0 Å². The van der Waals surface area contributed by atoms with Crippen molar-refractivity contribution in [1.82, 2.24) is 5.32 Å². The van der Waals surface area contributed by atoms with E-state index in [9.17, 15) is 19.7 Å². The van der Waals surface area contributed by atoms with Gasteiger partial charge < -0.3 is 15.7 Å². The van der Waals surface area contributed by atoms with Crippen molar-refractivity contribution in [1.29, 1.82) is 0 Å². The minimum Gasteiger partial charge on any atom is -0.481 e. The van der Waals surface area contributed by atoms with E-state index in [2.05, 4.69) is 10.6 Å². The van der Waals surface area contributed by atoms with Crippen molar-refractivity contribution in [2.45, 2.75) is 38.6 Å². The quantitative estimate of drug-likeness (QED) is 0.470. The number of anilines is 1. The van der Waals surface area contributed by atoms with Crippen molar-refractivity contribution in [3.05, 3.63) is 33.9 Å². The molecule has 1 saturated carbocycles. The molecule has 1 fully saturated rings. The molecule has 1 aromatic rings. The first-order valence-corrected chi connectivity index (χ1v) is 7.91. The summed E-state index contributed by atoms with van der Waals surface area (Å²) in [5.74, 6) is -0.643. The smallest absolute Gasteiger partial charge is 0.305 e. The molecule has 0 saturated heterocycles. The van der Waals surface area contributed by atoms with Crippen LogP contribution in [0.25, 0.3) is 0 Å². The number of carbonyl (C=O) groups is 2. The zero-order valence-corrected chi connectivity index (χ0v) is 13.4. The van der Waals surface area contributed by atoms with Gasteiger partial charge in [0.1, 0.15) is 5.69 Å². The Balaban J connectivity index is 2.05. The molecule has 8 heteroatoms. The molecule has 130 valence electrons. The number of amides is 1. The summed E-state index contributed by atoms with van der Waals surface area (Å²) in [6.45, 7) is 2.18. The van der Waals surface area contributed by atoms with Gasteiger partial charge in [-0.1, -0.05) is 12.8 Å². The summed E-state index contributed by atoms with van der Waals surface area (Å²) in [4.78, 5) is 33.4. The van der Waals surface area contributed by atoms with E-state index in [1.165, 1.54) is 31.0 Å². The molecule has 3 N–H and O–H groups in total. The molecule has 0 spiro atoms. The van der Waals surface area contributed by atoms with Crippen LogP contribution in [0.1, 0.15) is 43.0 Å². The molecular formula is C16H21N3O5. The first-order chi connectivity index (χ1) is 11.4. The van der Waals surface area contributed by atoms with Crippen molar-refractivity contribution in [3.63, 3.8) is 0 Å². The molecule has 24 heavy (non-hydrogen) atoms. The number of hydrogen-bond donors (Lipinski definition) is 3. The molecule has 0 aromatic heterocycles. The van der Waals surface area contributed by atoms with E-state index in [0.29, 0.717) is 12.5 Å². The Morgan fingerprint density at radius 3 is 2.71 bits per heavy atom. The number of nitrogens with zero attached hydrogens (tertiary/aromatic N) is 1. The van der Waals surface area contributed by atoms with Gasteiger partial charge in [0.25, 0.3) is 11.6 Å². The standard InChI is InChI=1S/C16H21N3O5/c1-10(8-15(20)21)18-13-5-4-12(9-14(13)19(23)24)16(22)17-7-6-11-2-3-11/h4-5,9-11,18H,2-3,6-8H2,1H3,(H,17,22)(H,20,21)/t10-/m0/s1. The Kier molecular flexibility index (Phi) is 5.73. The summed E-state index contributed by atoms with van der Waals surface area (Å²) < 4.78 is 0. The normalized spacial score (nSPS) is 14.7. The molecule has 8 nitrogen and oxygen atoms in total. The topological polar surface area (TPSA) is 122 Å². The van der Waals surface area contributed by atoms with Crippen molar-refractivity contribution in [3.8, 4) is 0 Å². The number of hydrogen-bond acceptors (Lipinski definition) is 5.